The molecule has 3 amide bonds. The molecule has 37 heavy (non-hydrogen) atoms. The van der Waals surface area contributed by atoms with Crippen LogP contribution in [0.25, 0.3) is 0 Å². The summed E-state index contributed by atoms with van der Waals surface area (Å²) in [5.74, 6) is -0.320. The summed E-state index contributed by atoms with van der Waals surface area (Å²) in [6, 6.07) is 17.6. The first kappa shape index (κ1) is 26.0. The van der Waals surface area contributed by atoms with Crippen molar-refractivity contribution in [2.75, 3.05) is 30.8 Å². The SMILES string of the molecule is COc1cc(CC(=O)[N+]2(Oc3ccc(C(=O)O)cc3)CCCC2)ccc1NC(=O)Nc1ccccc1Cl. The number of carbonyl (C=O) groups is 3. The third-order valence-corrected chi connectivity index (χ3v) is 6.45. The third kappa shape index (κ3) is 6.19. The molecular weight excluding hydrogens is 498 g/mol. The van der Waals surface area contributed by atoms with E-state index in [1.807, 2.05) is 0 Å². The maximum Gasteiger partial charge on any atom is 0.359 e. The number of urea groups is 1. The summed E-state index contributed by atoms with van der Waals surface area (Å²) >= 11 is 6.10. The zero-order valence-electron chi connectivity index (χ0n) is 20.2. The molecule has 3 N–H and O–H groups in total. The van der Waals surface area contributed by atoms with Gasteiger partial charge >= 0.3 is 17.9 Å². The Kier molecular flexibility index (Phi) is 7.95. The predicted octanol–water partition coefficient (Wildman–Crippen LogP) is 5.36. The average molecular weight is 525 g/mol. The van der Waals surface area contributed by atoms with Gasteiger partial charge in [-0.25, -0.2) is 14.4 Å². The maximum absolute atomic E-state index is 13.4. The minimum atomic E-state index is -1.03. The van der Waals surface area contributed by atoms with E-state index < -0.39 is 12.0 Å². The lowest BCUT2D eigenvalue weighted by Crippen LogP contribution is -2.53. The van der Waals surface area contributed by atoms with Crippen molar-refractivity contribution in [2.45, 2.75) is 19.3 Å². The first-order chi connectivity index (χ1) is 17.8. The Hall–Kier alpha value is -4.08. The normalized spacial score (nSPS) is 14.0. The van der Waals surface area contributed by atoms with Gasteiger partial charge in [-0.2, -0.15) is 0 Å². The molecule has 1 fully saturated rings. The van der Waals surface area contributed by atoms with Crippen molar-refractivity contribution < 1.29 is 33.7 Å². The lowest BCUT2D eigenvalue weighted by Gasteiger charge is -2.29. The molecule has 0 atom stereocenters. The molecule has 0 saturated carbocycles. The Morgan fingerprint density at radius 1 is 0.946 bits per heavy atom. The Bertz CT molecular complexity index is 1310. The van der Waals surface area contributed by atoms with E-state index in [0.717, 1.165) is 12.8 Å². The third-order valence-electron chi connectivity index (χ3n) is 6.12. The molecule has 3 aromatic rings. The van der Waals surface area contributed by atoms with Crippen molar-refractivity contribution in [1.29, 1.82) is 0 Å². The number of halogens is 1. The largest absolute Gasteiger partial charge is 0.495 e. The first-order valence-corrected chi connectivity index (χ1v) is 12.1. The number of likely N-dealkylation sites (tertiary alicyclic amines) is 1. The molecule has 0 radical (unpaired) electrons. The van der Waals surface area contributed by atoms with Crippen molar-refractivity contribution in [3.63, 3.8) is 0 Å². The summed E-state index contributed by atoms with van der Waals surface area (Å²) in [5.41, 5.74) is 1.75. The molecule has 0 unspecified atom stereocenters. The second-order valence-electron chi connectivity index (χ2n) is 8.63. The average Bonchev–Trinajstić information content (AvgIpc) is 3.36. The number of nitrogens with zero attached hydrogens (tertiary/aromatic N) is 1. The van der Waals surface area contributed by atoms with Crippen LogP contribution in [0.15, 0.2) is 66.7 Å². The molecule has 4 rings (SSSR count). The number of carboxylic acid groups (broad SMARTS) is 1. The van der Waals surface area contributed by atoms with Gasteiger partial charge in [0.1, 0.15) is 18.8 Å². The minimum Gasteiger partial charge on any atom is -0.495 e. The van der Waals surface area contributed by atoms with E-state index in [1.54, 1.807) is 54.6 Å². The van der Waals surface area contributed by atoms with Gasteiger partial charge in [-0.15, -0.1) is 0 Å². The van der Waals surface area contributed by atoms with Crippen LogP contribution in [0, 0.1) is 0 Å². The number of amides is 3. The first-order valence-electron chi connectivity index (χ1n) is 11.7. The van der Waals surface area contributed by atoms with Crippen LogP contribution >= 0.6 is 11.6 Å². The standard InChI is InChI=1S/C27H26ClN3O6/c1-36-24-16-18(8-13-23(24)30-27(35)29-22-7-3-2-6-21(22)28)17-25(32)31(14-4-5-15-31)37-20-11-9-19(10-12-20)26(33)34/h2-3,6-13,16H,4-5,14-15,17H2,1H3,(H2-,29,30,33,34,35)/p+1. The highest BCUT2D eigenvalue weighted by Crippen LogP contribution is 2.30. The number of aromatic carboxylic acids is 1. The number of rotatable bonds is 8. The molecule has 9 nitrogen and oxygen atoms in total. The number of hydrogen-bond acceptors (Lipinski definition) is 5. The van der Waals surface area contributed by atoms with Crippen molar-refractivity contribution in [1.82, 2.24) is 0 Å². The molecule has 192 valence electrons. The van der Waals surface area contributed by atoms with Gasteiger partial charge in [0.2, 0.25) is 0 Å². The number of anilines is 2. The van der Waals surface area contributed by atoms with E-state index in [-0.39, 0.29) is 22.5 Å². The van der Waals surface area contributed by atoms with Crippen molar-refractivity contribution in [2.24, 2.45) is 0 Å². The summed E-state index contributed by atoms with van der Waals surface area (Å²) in [6.45, 7) is 1.05. The summed E-state index contributed by atoms with van der Waals surface area (Å²) in [5, 5.41) is 14.9. The van der Waals surface area contributed by atoms with Crippen LogP contribution < -0.4 is 20.2 Å². The number of ether oxygens (including phenoxy) is 1. The molecule has 0 aliphatic carbocycles. The van der Waals surface area contributed by atoms with Gasteiger partial charge in [0.15, 0.2) is 5.75 Å². The smallest absolute Gasteiger partial charge is 0.359 e. The van der Waals surface area contributed by atoms with Crippen molar-refractivity contribution in [3.05, 3.63) is 82.9 Å². The molecule has 1 heterocycles. The Morgan fingerprint density at radius 3 is 2.27 bits per heavy atom. The van der Waals surface area contributed by atoms with Gasteiger partial charge in [0.05, 0.1) is 35.5 Å². The quantitative estimate of drug-likeness (QED) is 0.342. The highest BCUT2D eigenvalue weighted by molar-refractivity contribution is 6.33. The van der Waals surface area contributed by atoms with Crippen LogP contribution in [0.4, 0.5) is 16.2 Å². The second-order valence-corrected chi connectivity index (χ2v) is 9.04. The van der Waals surface area contributed by atoms with Crippen molar-refractivity contribution >= 4 is 40.9 Å². The lowest BCUT2D eigenvalue weighted by atomic mass is 10.1. The number of carboxylic acids is 1. The highest BCUT2D eigenvalue weighted by atomic mass is 35.5. The molecule has 3 aromatic carbocycles. The number of quaternary nitrogens is 1. The van der Waals surface area contributed by atoms with Gasteiger partial charge in [-0.05, 0) is 54.1 Å². The fourth-order valence-corrected chi connectivity index (χ4v) is 4.39. The van der Waals surface area contributed by atoms with Gasteiger partial charge in [-0.1, -0.05) is 34.4 Å². The fraction of sp³-hybridized carbons (Fsp3) is 0.222. The molecule has 1 saturated heterocycles. The predicted molar refractivity (Wildman–Crippen MR) is 139 cm³/mol. The number of hydroxylamine groups is 3. The van der Waals surface area contributed by atoms with Crippen LogP contribution in [0.2, 0.25) is 5.02 Å². The molecule has 0 bridgehead atoms. The topological polar surface area (TPSA) is 114 Å². The number of methoxy groups -OCH3 is 1. The minimum absolute atomic E-state index is 0.0929. The number of benzene rings is 3. The van der Waals surface area contributed by atoms with Crippen LogP contribution in [0.3, 0.4) is 0 Å². The summed E-state index contributed by atoms with van der Waals surface area (Å²) in [7, 11) is 1.48. The molecule has 1 aliphatic rings. The summed E-state index contributed by atoms with van der Waals surface area (Å²) < 4.78 is 5.28. The lowest BCUT2D eigenvalue weighted by molar-refractivity contribution is -1.00. The molecule has 0 aromatic heterocycles. The maximum atomic E-state index is 13.4. The summed E-state index contributed by atoms with van der Waals surface area (Å²) in [6.07, 6.45) is 1.77. The van der Waals surface area contributed by atoms with E-state index in [2.05, 4.69) is 10.6 Å². The monoisotopic (exact) mass is 524 g/mol. The highest BCUT2D eigenvalue weighted by Gasteiger charge is 2.43. The van der Waals surface area contributed by atoms with Gasteiger partial charge in [0, 0.05) is 12.8 Å². The zero-order valence-corrected chi connectivity index (χ0v) is 21.0. The van der Waals surface area contributed by atoms with E-state index in [9.17, 15) is 14.4 Å². The second kappa shape index (κ2) is 11.3. The van der Waals surface area contributed by atoms with Gasteiger partial charge in [0.25, 0.3) is 0 Å². The Balaban J connectivity index is 1.46. The van der Waals surface area contributed by atoms with E-state index >= 15 is 0 Å². The van der Waals surface area contributed by atoms with Gasteiger partial charge < -0.3 is 25.3 Å². The van der Waals surface area contributed by atoms with Crippen LogP contribution in [-0.2, 0) is 11.2 Å². The van der Waals surface area contributed by atoms with Crippen LogP contribution in [-0.4, -0.2) is 47.9 Å². The molecule has 1 aliphatic heterocycles. The van der Waals surface area contributed by atoms with Crippen molar-refractivity contribution in [3.8, 4) is 11.5 Å². The van der Waals surface area contributed by atoms with E-state index in [1.165, 1.54) is 19.2 Å². The molecular formula is C27H27ClN3O6+. The van der Waals surface area contributed by atoms with Crippen LogP contribution in [0.5, 0.6) is 11.5 Å². The van der Waals surface area contributed by atoms with E-state index in [4.69, 9.17) is 26.3 Å². The fourth-order valence-electron chi connectivity index (χ4n) is 4.20. The molecule has 10 heteroatoms. The number of para-hydroxylation sites is 1. The Labute approximate surface area is 219 Å². The van der Waals surface area contributed by atoms with Crippen LogP contribution in [0.1, 0.15) is 28.8 Å². The number of nitrogens with one attached hydrogen (secondary N) is 2. The number of carbonyl (C=O) groups excluding carboxylic acids is 2. The Morgan fingerprint density at radius 2 is 1.62 bits per heavy atom. The zero-order chi connectivity index (χ0) is 26.4. The van der Waals surface area contributed by atoms with Gasteiger partial charge in [-0.3, -0.25) is 0 Å². The van der Waals surface area contributed by atoms with E-state index in [0.29, 0.717) is 46.5 Å². The number of hydrogen-bond donors (Lipinski definition) is 3. The summed E-state index contributed by atoms with van der Waals surface area (Å²) in [4.78, 5) is 43.1. The molecule has 0 spiro atoms.